The van der Waals surface area contributed by atoms with Gasteiger partial charge in [0, 0.05) is 31.7 Å². The number of pyridine rings is 3. The number of hydrogen-bond donors (Lipinski definition) is 0. The first kappa shape index (κ1) is 31.2. The van der Waals surface area contributed by atoms with Crippen LogP contribution in [0.15, 0.2) is 89.7 Å². The van der Waals surface area contributed by atoms with Crippen molar-refractivity contribution >= 4 is 39.7 Å². The van der Waals surface area contributed by atoms with Crippen molar-refractivity contribution in [3.05, 3.63) is 109 Å². The minimum Gasteiger partial charge on any atom is 0 e. The van der Waals surface area contributed by atoms with Gasteiger partial charge < -0.3 is 9.40 Å². The van der Waals surface area contributed by atoms with Crippen molar-refractivity contribution in [1.29, 1.82) is 0 Å². The van der Waals surface area contributed by atoms with Gasteiger partial charge in [0.1, 0.15) is 5.82 Å². The third-order valence-corrected chi connectivity index (χ3v) is 12.2. The third kappa shape index (κ3) is 7.49. The van der Waals surface area contributed by atoms with Crippen LogP contribution < -0.4 is 4.40 Å². The maximum absolute atomic E-state index is 13.6. The summed E-state index contributed by atoms with van der Waals surface area (Å²) in [6, 6.07) is 28.2. The van der Waals surface area contributed by atoms with Gasteiger partial charge in [-0.15, -0.1) is 23.8 Å². The zero-order valence-electron chi connectivity index (χ0n) is 24.7. The molecule has 0 N–H and O–H groups in total. The molecule has 0 bridgehead atoms. The summed E-state index contributed by atoms with van der Waals surface area (Å²) in [5.74, 6) is 7.57. The van der Waals surface area contributed by atoms with E-state index in [1.165, 1.54) is 47.9 Å². The van der Waals surface area contributed by atoms with E-state index in [0.717, 1.165) is 40.2 Å². The van der Waals surface area contributed by atoms with Gasteiger partial charge in [0.2, 0.25) is 5.71 Å². The fourth-order valence-corrected chi connectivity index (χ4v) is 7.74. The predicted molar refractivity (Wildman–Crippen MR) is 171 cm³/mol. The van der Waals surface area contributed by atoms with Crippen molar-refractivity contribution < 1.29 is 28.9 Å². The van der Waals surface area contributed by atoms with Gasteiger partial charge in [-0.3, -0.25) is 0 Å². The van der Waals surface area contributed by atoms with Gasteiger partial charge in [-0.05, 0) is 30.2 Å². The molecule has 0 spiro atoms. The Morgan fingerprint density at radius 1 is 0.860 bits per heavy atom. The first-order chi connectivity index (χ1) is 20.3. The summed E-state index contributed by atoms with van der Waals surface area (Å²) in [6.07, 6.45) is 11.6. The summed E-state index contributed by atoms with van der Waals surface area (Å²) in [7, 11) is 0. The van der Waals surface area contributed by atoms with E-state index in [1.807, 2.05) is 42.7 Å². The molecule has 2 aromatic carbocycles. The molecule has 7 heteroatoms. The van der Waals surface area contributed by atoms with Gasteiger partial charge in [0.15, 0.2) is 0 Å². The summed E-state index contributed by atoms with van der Waals surface area (Å²) < 4.78 is 20.7. The van der Waals surface area contributed by atoms with Crippen LogP contribution in [0, 0.1) is 23.9 Å². The quantitative estimate of drug-likeness (QED) is 0.129. The summed E-state index contributed by atoms with van der Waals surface area (Å²) in [4.78, 5) is 13.1. The van der Waals surface area contributed by atoms with Crippen LogP contribution in [-0.2, 0) is 26.5 Å². The molecule has 43 heavy (non-hydrogen) atoms. The van der Waals surface area contributed by atoms with E-state index in [-0.39, 0.29) is 25.9 Å². The summed E-state index contributed by atoms with van der Waals surface area (Å²) in [5, 5.41) is 1.51. The van der Waals surface area contributed by atoms with E-state index < -0.39 is 13.3 Å². The van der Waals surface area contributed by atoms with Crippen molar-refractivity contribution in [1.82, 2.24) is 15.0 Å². The first-order valence-electron chi connectivity index (χ1n) is 14.6. The molecular formula is C36H34FGeIrN3O-2. The fourth-order valence-electron chi connectivity index (χ4n) is 5.57. The molecule has 7 rings (SSSR count). The third-order valence-electron chi connectivity index (χ3n) is 7.94. The van der Waals surface area contributed by atoms with E-state index in [1.54, 1.807) is 6.07 Å². The molecule has 0 atom stereocenters. The van der Waals surface area contributed by atoms with Crippen molar-refractivity contribution in [2.45, 2.75) is 49.4 Å². The average Bonchev–Trinajstić information content (AvgIpc) is 3.65. The average molecular weight is 809 g/mol. The van der Waals surface area contributed by atoms with Crippen LogP contribution in [0.3, 0.4) is 0 Å². The molecule has 1 fully saturated rings. The molecular weight excluding hydrogens is 774 g/mol. The van der Waals surface area contributed by atoms with Crippen LogP contribution in [0.4, 0.5) is 4.39 Å². The Hall–Kier alpha value is -3.19. The molecule has 1 radical (unpaired) electrons. The van der Waals surface area contributed by atoms with Gasteiger partial charge in [-0.25, -0.2) is 9.37 Å². The topological polar surface area (TPSA) is 51.8 Å². The van der Waals surface area contributed by atoms with Crippen LogP contribution >= 0.6 is 0 Å². The summed E-state index contributed by atoms with van der Waals surface area (Å²) in [5.41, 5.74) is 6.27. The zero-order valence-corrected chi connectivity index (χ0v) is 29.2. The minimum absolute atomic E-state index is 0. The number of furan rings is 1. The number of hydrogen-bond acceptors (Lipinski definition) is 4. The van der Waals surface area contributed by atoms with Crippen molar-refractivity contribution in [3.63, 3.8) is 0 Å². The minimum atomic E-state index is -1.72. The number of fused-ring (bicyclic) bond motifs is 3. The van der Waals surface area contributed by atoms with Gasteiger partial charge >= 0.3 is 99.8 Å². The molecule has 0 amide bonds. The molecule has 6 aromatic rings. The van der Waals surface area contributed by atoms with Gasteiger partial charge in [0.05, 0.1) is 11.8 Å². The molecule has 4 nitrogen and oxygen atoms in total. The Morgan fingerprint density at radius 3 is 2.42 bits per heavy atom. The molecule has 4 aromatic heterocycles. The Morgan fingerprint density at radius 2 is 1.70 bits per heavy atom. The number of benzene rings is 2. The standard InChI is InChI=1S/C22H18FN2O.C14H16GeN.Ir/c23-17-12-19-18-11-16(5-6-21(18)26-22(19)25-13-17)20-10-15(7-8-24-20)9-14-3-1-2-4-14;1-15(2,3)13-9-10-14(16-11-13)12-7-5-4-6-8-12;/h6-8,10-14H,1-4,9H2;4-7,9-11H,1-3H3;/q2*-1;. The zero-order chi connectivity index (χ0) is 29.1. The van der Waals surface area contributed by atoms with E-state index in [9.17, 15) is 4.39 Å². The normalized spacial score (nSPS) is 13.5. The molecule has 0 saturated heterocycles. The maximum Gasteiger partial charge on any atom is 0 e. The molecule has 0 aliphatic heterocycles. The summed E-state index contributed by atoms with van der Waals surface area (Å²) in [6.45, 7) is 0. The van der Waals surface area contributed by atoms with Gasteiger partial charge in [-0.2, -0.15) is 0 Å². The smallest absolute Gasteiger partial charge is 0 e. The molecule has 1 saturated carbocycles. The second-order valence-electron chi connectivity index (χ2n) is 12.1. The van der Waals surface area contributed by atoms with E-state index >= 15 is 0 Å². The predicted octanol–water partition coefficient (Wildman–Crippen LogP) is 8.81. The molecule has 4 heterocycles. The first-order valence-corrected chi connectivity index (χ1v) is 22.0. The summed E-state index contributed by atoms with van der Waals surface area (Å²) >= 11 is -1.72. The second-order valence-corrected chi connectivity index (χ2v) is 22.7. The molecule has 1 aliphatic rings. The van der Waals surface area contributed by atoms with Crippen LogP contribution in [-0.4, -0.2) is 28.2 Å². The number of halogens is 1. The molecule has 1 aliphatic carbocycles. The maximum atomic E-state index is 13.6. The Kier molecular flexibility index (Phi) is 9.90. The SMILES string of the molecule is Fc1cnc2oc3c[c-]c(-c4cc(CC5CCCC5)ccn4)cc3c2c1.[CH3][Ge]([CH3])([CH3])[c]1ccc(-c2[c-]cccc2)nc1.[Ir]. The Balaban J connectivity index is 0.000000188. The van der Waals surface area contributed by atoms with Crippen LogP contribution in [0.25, 0.3) is 44.6 Å². The number of aromatic nitrogens is 3. The Labute approximate surface area is 268 Å². The van der Waals surface area contributed by atoms with Crippen molar-refractivity contribution in [2.24, 2.45) is 5.92 Å². The van der Waals surface area contributed by atoms with Crippen molar-refractivity contribution in [2.75, 3.05) is 0 Å². The van der Waals surface area contributed by atoms with Gasteiger partial charge in [-0.1, -0.05) is 42.7 Å². The second kappa shape index (κ2) is 13.6. The monoisotopic (exact) mass is 810 g/mol. The molecule has 221 valence electrons. The fraction of sp³-hybridized carbons (Fsp3) is 0.250. The number of nitrogens with zero attached hydrogens (tertiary/aromatic N) is 3. The molecule has 0 unspecified atom stereocenters. The van der Waals surface area contributed by atoms with Crippen molar-refractivity contribution in [3.8, 4) is 22.5 Å². The van der Waals surface area contributed by atoms with Crippen LogP contribution in [0.1, 0.15) is 31.2 Å². The van der Waals surface area contributed by atoms with Crippen LogP contribution in [0.5, 0.6) is 0 Å². The van der Waals surface area contributed by atoms with E-state index in [0.29, 0.717) is 16.7 Å². The Bertz CT molecular complexity index is 1810. The van der Waals surface area contributed by atoms with E-state index in [4.69, 9.17) is 4.42 Å². The van der Waals surface area contributed by atoms with Crippen LogP contribution in [0.2, 0.25) is 17.3 Å². The largest absolute Gasteiger partial charge is 0 e. The van der Waals surface area contributed by atoms with Gasteiger partial charge in [0.25, 0.3) is 0 Å². The van der Waals surface area contributed by atoms with E-state index in [2.05, 4.69) is 68.6 Å². The number of rotatable bonds is 5.